The first-order valence-corrected chi connectivity index (χ1v) is 14.0. The topological polar surface area (TPSA) is 45.6 Å². The fourth-order valence-electron chi connectivity index (χ4n) is 5.31. The molecule has 5 nitrogen and oxygen atoms in total. The van der Waals surface area contributed by atoms with E-state index < -0.39 is 0 Å². The second-order valence-corrected chi connectivity index (χ2v) is 11.0. The molecule has 0 saturated carbocycles. The molecule has 3 aromatic rings. The Morgan fingerprint density at radius 1 is 0.972 bits per heavy atom. The molecule has 1 atom stereocenters. The Balaban J connectivity index is 1.65. The number of amides is 1. The third-order valence-electron chi connectivity index (χ3n) is 7.19. The van der Waals surface area contributed by atoms with Gasteiger partial charge in [0.25, 0.3) is 11.5 Å². The highest BCUT2D eigenvalue weighted by molar-refractivity contribution is 8.26. The van der Waals surface area contributed by atoms with Crippen LogP contribution < -0.4 is 10.5 Å². The van der Waals surface area contributed by atoms with Gasteiger partial charge in [-0.3, -0.25) is 14.5 Å². The standard InChI is InChI=1S/C29H31N3O2S2/c1-3-31-24-16-10-9-15-22(24)26(30-17-11-4-5-12-18-30)23(27(31)33)19-25-28(34)32(29(35)36-25)20(2)21-13-7-6-8-14-21/h6-10,13-16,19-20H,3-5,11-12,17-18H2,1-2H3. The second-order valence-electron chi connectivity index (χ2n) is 9.37. The largest absolute Gasteiger partial charge is 0.370 e. The summed E-state index contributed by atoms with van der Waals surface area (Å²) in [6, 6.07) is 17.9. The molecule has 7 heteroatoms. The minimum Gasteiger partial charge on any atom is -0.370 e. The summed E-state index contributed by atoms with van der Waals surface area (Å²) >= 11 is 6.94. The number of para-hydroxylation sites is 1. The van der Waals surface area contributed by atoms with E-state index in [0.717, 1.165) is 48.1 Å². The third-order valence-corrected chi connectivity index (χ3v) is 8.52. The Morgan fingerprint density at radius 2 is 1.64 bits per heavy atom. The zero-order valence-corrected chi connectivity index (χ0v) is 22.4. The van der Waals surface area contributed by atoms with Crippen molar-refractivity contribution in [3.05, 3.63) is 81.0 Å². The first-order chi connectivity index (χ1) is 17.5. The fraction of sp³-hybridized carbons (Fsp3) is 0.345. The van der Waals surface area contributed by atoms with Crippen molar-refractivity contribution >= 4 is 56.9 Å². The molecule has 2 fully saturated rings. The van der Waals surface area contributed by atoms with Gasteiger partial charge in [-0.15, -0.1) is 0 Å². The number of hydrogen-bond donors (Lipinski definition) is 0. The summed E-state index contributed by atoms with van der Waals surface area (Å²) in [4.78, 5) is 32.1. The van der Waals surface area contributed by atoms with E-state index in [1.165, 1.54) is 24.6 Å². The summed E-state index contributed by atoms with van der Waals surface area (Å²) in [5.74, 6) is -0.140. The monoisotopic (exact) mass is 517 g/mol. The molecule has 0 aliphatic carbocycles. The van der Waals surface area contributed by atoms with E-state index in [-0.39, 0.29) is 17.5 Å². The number of nitrogens with zero attached hydrogens (tertiary/aromatic N) is 3. The molecule has 0 bridgehead atoms. The first-order valence-electron chi connectivity index (χ1n) is 12.7. The fourth-order valence-corrected chi connectivity index (χ4v) is 6.72. The van der Waals surface area contributed by atoms with Gasteiger partial charge in [-0.25, -0.2) is 0 Å². The predicted molar refractivity (Wildman–Crippen MR) is 154 cm³/mol. The van der Waals surface area contributed by atoms with E-state index in [2.05, 4.69) is 11.0 Å². The van der Waals surface area contributed by atoms with Crippen molar-refractivity contribution in [3.8, 4) is 0 Å². The van der Waals surface area contributed by atoms with Crippen LogP contribution in [-0.2, 0) is 11.3 Å². The Kier molecular flexibility index (Phi) is 7.30. The van der Waals surface area contributed by atoms with Crippen molar-refractivity contribution in [1.29, 1.82) is 0 Å². The zero-order chi connectivity index (χ0) is 25.2. The van der Waals surface area contributed by atoms with Gasteiger partial charge >= 0.3 is 0 Å². The Morgan fingerprint density at radius 3 is 2.33 bits per heavy atom. The van der Waals surface area contributed by atoms with Crippen molar-refractivity contribution in [2.45, 2.75) is 52.1 Å². The maximum absolute atomic E-state index is 13.9. The summed E-state index contributed by atoms with van der Waals surface area (Å²) in [6.45, 7) is 6.36. The lowest BCUT2D eigenvalue weighted by atomic mass is 10.0. The van der Waals surface area contributed by atoms with Crippen LogP contribution in [0, 0.1) is 0 Å². The number of aryl methyl sites for hydroxylation is 1. The Bertz CT molecular complexity index is 1390. The Labute approximate surface area is 221 Å². The number of thioether (sulfide) groups is 1. The molecule has 2 aromatic carbocycles. The maximum atomic E-state index is 13.9. The van der Waals surface area contributed by atoms with Crippen LogP contribution in [0.3, 0.4) is 0 Å². The smallest absolute Gasteiger partial charge is 0.266 e. The van der Waals surface area contributed by atoms with Crippen LogP contribution in [0.4, 0.5) is 5.69 Å². The SMILES string of the molecule is CCn1c(=O)c(C=C2SC(=S)N(C(C)c3ccccc3)C2=O)c(N2CCCCCC2)c2ccccc21. The summed E-state index contributed by atoms with van der Waals surface area (Å²) in [6.07, 6.45) is 6.40. The number of hydrogen-bond acceptors (Lipinski definition) is 5. The molecule has 186 valence electrons. The average Bonchev–Trinajstić information content (AvgIpc) is 3.06. The van der Waals surface area contributed by atoms with Crippen LogP contribution in [0.15, 0.2) is 64.3 Å². The minimum absolute atomic E-state index is 0.0585. The minimum atomic E-state index is -0.182. The van der Waals surface area contributed by atoms with Gasteiger partial charge in [0.05, 0.1) is 27.7 Å². The van der Waals surface area contributed by atoms with Gasteiger partial charge < -0.3 is 9.47 Å². The highest BCUT2D eigenvalue weighted by Gasteiger charge is 2.36. The molecule has 2 saturated heterocycles. The maximum Gasteiger partial charge on any atom is 0.266 e. The van der Waals surface area contributed by atoms with Gasteiger partial charge in [0.1, 0.15) is 4.32 Å². The van der Waals surface area contributed by atoms with Gasteiger partial charge in [0.15, 0.2) is 0 Å². The van der Waals surface area contributed by atoms with Crippen molar-refractivity contribution in [3.63, 3.8) is 0 Å². The summed E-state index contributed by atoms with van der Waals surface area (Å²) in [5, 5.41) is 1.06. The highest BCUT2D eigenvalue weighted by Crippen LogP contribution is 2.40. The average molecular weight is 518 g/mol. The molecule has 1 unspecified atom stereocenters. The lowest BCUT2D eigenvalue weighted by molar-refractivity contribution is -0.123. The van der Waals surface area contributed by atoms with Gasteiger partial charge in [0.2, 0.25) is 0 Å². The quantitative estimate of drug-likeness (QED) is 0.291. The number of carbonyl (C=O) groups is 1. The van der Waals surface area contributed by atoms with Crippen LogP contribution in [0.25, 0.3) is 17.0 Å². The summed E-state index contributed by atoms with van der Waals surface area (Å²) in [5.41, 5.74) is 3.44. The van der Waals surface area contributed by atoms with E-state index in [0.29, 0.717) is 21.3 Å². The molecule has 0 N–H and O–H groups in total. The van der Waals surface area contributed by atoms with Crippen LogP contribution in [-0.4, -0.2) is 32.8 Å². The molecule has 5 rings (SSSR count). The Hall–Kier alpha value is -2.90. The van der Waals surface area contributed by atoms with E-state index in [1.54, 1.807) is 11.0 Å². The van der Waals surface area contributed by atoms with Crippen molar-refractivity contribution in [2.75, 3.05) is 18.0 Å². The van der Waals surface area contributed by atoms with Gasteiger partial charge in [0, 0.05) is 25.0 Å². The van der Waals surface area contributed by atoms with Crippen molar-refractivity contribution in [1.82, 2.24) is 9.47 Å². The normalized spacial score (nSPS) is 18.8. The van der Waals surface area contributed by atoms with Crippen LogP contribution >= 0.6 is 24.0 Å². The lowest BCUT2D eigenvalue weighted by Gasteiger charge is -2.27. The number of pyridine rings is 1. The highest BCUT2D eigenvalue weighted by atomic mass is 32.2. The lowest BCUT2D eigenvalue weighted by Crippen LogP contribution is -2.32. The number of anilines is 1. The molecule has 36 heavy (non-hydrogen) atoms. The third kappa shape index (κ3) is 4.50. The second kappa shape index (κ2) is 10.6. The molecule has 1 aromatic heterocycles. The predicted octanol–water partition coefficient (Wildman–Crippen LogP) is 6.36. The summed E-state index contributed by atoms with van der Waals surface area (Å²) < 4.78 is 2.34. The molecule has 0 spiro atoms. The molecular weight excluding hydrogens is 486 g/mol. The first kappa shape index (κ1) is 24.8. The number of thiocarbonyl (C=S) groups is 1. The molecule has 3 heterocycles. The molecule has 2 aliphatic rings. The number of carbonyl (C=O) groups excluding carboxylic acids is 1. The number of rotatable bonds is 5. The van der Waals surface area contributed by atoms with Crippen molar-refractivity contribution in [2.24, 2.45) is 0 Å². The number of benzene rings is 2. The van der Waals surface area contributed by atoms with E-state index in [9.17, 15) is 9.59 Å². The van der Waals surface area contributed by atoms with E-state index in [4.69, 9.17) is 12.2 Å². The van der Waals surface area contributed by atoms with Crippen molar-refractivity contribution < 1.29 is 4.79 Å². The van der Waals surface area contributed by atoms with Crippen LogP contribution in [0.2, 0.25) is 0 Å². The van der Waals surface area contributed by atoms with Gasteiger partial charge in [-0.1, -0.05) is 85.4 Å². The van der Waals surface area contributed by atoms with Crippen LogP contribution in [0.1, 0.15) is 56.7 Å². The van der Waals surface area contributed by atoms with Crippen LogP contribution in [0.5, 0.6) is 0 Å². The van der Waals surface area contributed by atoms with E-state index >= 15 is 0 Å². The van der Waals surface area contributed by atoms with Gasteiger partial charge in [-0.2, -0.15) is 0 Å². The van der Waals surface area contributed by atoms with E-state index in [1.807, 2.05) is 66.9 Å². The van der Waals surface area contributed by atoms with Gasteiger partial charge in [-0.05, 0) is 44.4 Å². The molecule has 2 aliphatic heterocycles. The summed E-state index contributed by atoms with van der Waals surface area (Å²) in [7, 11) is 0. The molecule has 1 amide bonds. The zero-order valence-electron chi connectivity index (χ0n) is 20.8. The molecule has 0 radical (unpaired) electrons. The number of fused-ring (bicyclic) bond motifs is 1. The number of aromatic nitrogens is 1. The molecular formula is C29H31N3O2S2.